The molecule has 0 saturated heterocycles. The number of benzene rings is 4. The van der Waals surface area contributed by atoms with Gasteiger partial charge in [-0.15, -0.1) is 0 Å². The number of carbonyl (C=O) groups excluding carboxylic acids is 2. The number of hydrogen-bond acceptors (Lipinski definition) is 4. The Bertz CT molecular complexity index is 1440. The van der Waals surface area contributed by atoms with Gasteiger partial charge in [-0.2, -0.15) is 0 Å². The number of ether oxygens (including phenoxy) is 2. The van der Waals surface area contributed by atoms with Crippen molar-refractivity contribution < 1.29 is 19.1 Å². The van der Waals surface area contributed by atoms with Crippen LogP contribution in [-0.2, 0) is 0 Å². The van der Waals surface area contributed by atoms with Gasteiger partial charge in [0.1, 0.15) is 11.5 Å². The van der Waals surface area contributed by atoms with Gasteiger partial charge in [-0.05, 0) is 66.6 Å². The normalized spacial score (nSPS) is 12.4. The summed E-state index contributed by atoms with van der Waals surface area (Å²) in [6.45, 7) is 4.29. The van der Waals surface area contributed by atoms with Crippen LogP contribution in [0.3, 0.4) is 0 Å². The van der Waals surface area contributed by atoms with Crippen molar-refractivity contribution in [2.75, 3.05) is 23.9 Å². The summed E-state index contributed by atoms with van der Waals surface area (Å²) in [5.41, 5.74) is 3.05. The fraction of sp³-hybridized carbons (Fsp3) is 0.143. The summed E-state index contributed by atoms with van der Waals surface area (Å²) in [4.78, 5) is 28.2. The SMILES string of the molecule is CCOc1ccc2ccccc2c1C(=O)Nc1ccc2c(c1)C(=O)N(C)c1cc(C)ccc1O2. The van der Waals surface area contributed by atoms with E-state index in [-0.39, 0.29) is 11.8 Å². The maximum Gasteiger partial charge on any atom is 0.261 e. The fourth-order valence-corrected chi connectivity index (χ4v) is 4.20. The van der Waals surface area contributed by atoms with E-state index < -0.39 is 0 Å². The zero-order valence-corrected chi connectivity index (χ0v) is 19.2. The molecule has 5 rings (SSSR count). The van der Waals surface area contributed by atoms with Crippen LogP contribution < -0.4 is 19.7 Å². The zero-order chi connectivity index (χ0) is 23.8. The Balaban J connectivity index is 1.51. The molecule has 2 amide bonds. The molecule has 0 aliphatic carbocycles. The minimum atomic E-state index is -0.311. The number of amides is 2. The van der Waals surface area contributed by atoms with Crippen molar-refractivity contribution in [2.24, 2.45) is 0 Å². The summed E-state index contributed by atoms with van der Waals surface area (Å²) in [5.74, 6) is 1.04. The third kappa shape index (κ3) is 3.73. The molecular formula is C28H24N2O4. The Morgan fingerprint density at radius 1 is 1.00 bits per heavy atom. The summed E-state index contributed by atoms with van der Waals surface area (Å²) < 4.78 is 11.8. The van der Waals surface area contributed by atoms with Crippen LogP contribution in [0, 0.1) is 6.92 Å². The number of carbonyl (C=O) groups is 2. The lowest BCUT2D eigenvalue weighted by atomic mass is 10.0. The highest BCUT2D eigenvalue weighted by atomic mass is 16.5. The molecular weight excluding hydrogens is 428 g/mol. The second-order valence-corrected chi connectivity index (χ2v) is 8.20. The standard InChI is InChI=1S/C28H24N2O4/c1-4-33-25-13-10-18-7-5-6-8-20(18)26(25)27(31)29-19-11-14-23-21(16-19)28(32)30(3)22-15-17(2)9-12-24(22)34-23/h5-16H,4H2,1-3H3,(H,29,31). The minimum absolute atomic E-state index is 0.212. The van der Waals surface area contributed by atoms with E-state index in [1.165, 1.54) is 0 Å². The first-order chi connectivity index (χ1) is 16.5. The molecule has 170 valence electrons. The van der Waals surface area contributed by atoms with E-state index >= 15 is 0 Å². The molecule has 0 atom stereocenters. The number of rotatable bonds is 4. The van der Waals surface area contributed by atoms with Crippen molar-refractivity contribution in [1.29, 1.82) is 0 Å². The predicted molar refractivity (Wildman–Crippen MR) is 133 cm³/mol. The van der Waals surface area contributed by atoms with Gasteiger partial charge in [-0.1, -0.05) is 36.4 Å². The third-order valence-corrected chi connectivity index (χ3v) is 5.89. The van der Waals surface area contributed by atoms with Crippen LogP contribution in [-0.4, -0.2) is 25.5 Å². The van der Waals surface area contributed by atoms with Crippen molar-refractivity contribution in [3.8, 4) is 17.2 Å². The molecule has 4 aromatic carbocycles. The highest BCUT2D eigenvalue weighted by Gasteiger charge is 2.26. The molecule has 1 aliphatic rings. The van der Waals surface area contributed by atoms with Gasteiger partial charge in [0.2, 0.25) is 0 Å². The summed E-state index contributed by atoms with van der Waals surface area (Å²) >= 11 is 0. The fourth-order valence-electron chi connectivity index (χ4n) is 4.20. The van der Waals surface area contributed by atoms with Crippen LogP contribution in [0.15, 0.2) is 72.8 Å². The van der Waals surface area contributed by atoms with Gasteiger partial charge >= 0.3 is 0 Å². The van der Waals surface area contributed by atoms with Crippen molar-refractivity contribution in [3.05, 3.63) is 89.5 Å². The maximum absolute atomic E-state index is 13.4. The van der Waals surface area contributed by atoms with Crippen molar-refractivity contribution >= 4 is 34.0 Å². The van der Waals surface area contributed by atoms with E-state index in [1.54, 1.807) is 30.1 Å². The van der Waals surface area contributed by atoms with E-state index in [0.717, 1.165) is 16.3 Å². The van der Waals surface area contributed by atoms with Crippen molar-refractivity contribution in [1.82, 2.24) is 0 Å². The number of hydrogen-bond donors (Lipinski definition) is 1. The summed E-state index contributed by atoms with van der Waals surface area (Å²) in [6.07, 6.45) is 0. The number of aryl methyl sites for hydroxylation is 1. The molecule has 6 heteroatoms. The van der Waals surface area contributed by atoms with Crippen LogP contribution in [0.2, 0.25) is 0 Å². The van der Waals surface area contributed by atoms with Gasteiger partial charge < -0.3 is 19.7 Å². The van der Waals surface area contributed by atoms with Crippen LogP contribution in [0.5, 0.6) is 17.2 Å². The molecule has 4 aromatic rings. The number of anilines is 2. The highest BCUT2D eigenvalue weighted by molar-refractivity contribution is 6.16. The number of fused-ring (bicyclic) bond motifs is 3. The van der Waals surface area contributed by atoms with E-state index in [4.69, 9.17) is 9.47 Å². The Labute approximate surface area is 197 Å². The Hall–Kier alpha value is -4.32. The van der Waals surface area contributed by atoms with Gasteiger partial charge in [0.05, 0.1) is 23.4 Å². The summed E-state index contributed by atoms with van der Waals surface area (Å²) in [7, 11) is 1.72. The van der Waals surface area contributed by atoms with E-state index in [0.29, 0.717) is 46.4 Å². The van der Waals surface area contributed by atoms with Gasteiger partial charge in [-0.25, -0.2) is 0 Å². The smallest absolute Gasteiger partial charge is 0.261 e. The molecule has 0 saturated carbocycles. The number of nitrogens with zero attached hydrogens (tertiary/aromatic N) is 1. The topological polar surface area (TPSA) is 67.9 Å². The maximum atomic E-state index is 13.4. The lowest BCUT2D eigenvalue weighted by Crippen LogP contribution is -2.25. The van der Waals surface area contributed by atoms with E-state index in [9.17, 15) is 9.59 Å². The minimum Gasteiger partial charge on any atom is -0.493 e. The van der Waals surface area contributed by atoms with Crippen LogP contribution in [0.25, 0.3) is 10.8 Å². The largest absolute Gasteiger partial charge is 0.493 e. The van der Waals surface area contributed by atoms with E-state index in [2.05, 4.69) is 5.32 Å². The highest BCUT2D eigenvalue weighted by Crippen LogP contribution is 2.39. The van der Waals surface area contributed by atoms with Gasteiger partial charge in [0.25, 0.3) is 11.8 Å². The van der Waals surface area contributed by atoms with Gasteiger partial charge in [0, 0.05) is 12.7 Å². The second-order valence-electron chi connectivity index (χ2n) is 8.20. The Morgan fingerprint density at radius 3 is 2.62 bits per heavy atom. The number of nitrogens with one attached hydrogen (secondary N) is 1. The average molecular weight is 453 g/mol. The average Bonchev–Trinajstić information content (AvgIpc) is 2.94. The van der Waals surface area contributed by atoms with Crippen LogP contribution in [0.1, 0.15) is 33.2 Å². The molecule has 0 bridgehead atoms. The predicted octanol–water partition coefficient (Wildman–Crippen LogP) is 6.18. The van der Waals surface area contributed by atoms with Crippen LogP contribution in [0.4, 0.5) is 11.4 Å². The molecule has 1 aliphatic heterocycles. The van der Waals surface area contributed by atoms with Crippen LogP contribution >= 0.6 is 0 Å². The first kappa shape index (κ1) is 21.5. The molecule has 1 N–H and O–H groups in total. The molecule has 34 heavy (non-hydrogen) atoms. The Kier molecular flexibility index (Phi) is 5.42. The quantitative estimate of drug-likeness (QED) is 0.401. The first-order valence-electron chi connectivity index (χ1n) is 11.1. The Morgan fingerprint density at radius 2 is 1.79 bits per heavy atom. The van der Waals surface area contributed by atoms with E-state index in [1.807, 2.05) is 68.4 Å². The third-order valence-electron chi connectivity index (χ3n) is 5.89. The first-order valence-corrected chi connectivity index (χ1v) is 11.1. The monoisotopic (exact) mass is 452 g/mol. The summed E-state index contributed by atoms with van der Waals surface area (Å²) in [5, 5.41) is 4.68. The molecule has 0 fully saturated rings. The van der Waals surface area contributed by atoms with Gasteiger partial charge in [0.15, 0.2) is 5.75 Å². The lowest BCUT2D eigenvalue weighted by molar-refractivity contribution is 0.0989. The molecule has 0 radical (unpaired) electrons. The molecule has 6 nitrogen and oxygen atoms in total. The molecule has 0 unspecified atom stereocenters. The van der Waals surface area contributed by atoms with Crippen molar-refractivity contribution in [3.63, 3.8) is 0 Å². The molecule has 1 heterocycles. The second kappa shape index (κ2) is 8.56. The zero-order valence-electron chi connectivity index (χ0n) is 19.2. The molecule has 0 aromatic heterocycles. The van der Waals surface area contributed by atoms with Crippen molar-refractivity contribution in [2.45, 2.75) is 13.8 Å². The summed E-state index contributed by atoms with van der Waals surface area (Å²) in [6, 6.07) is 22.2. The lowest BCUT2D eigenvalue weighted by Gasteiger charge is -2.17. The molecule has 0 spiro atoms. The van der Waals surface area contributed by atoms with Gasteiger partial charge in [-0.3, -0.25) is 9.59 Å².